The number of nitrogens with one attached hydrogen (secondary N) is 1. The third-order valence-corrected chi connectivity index (χ3v) is 6.43. The lowest BCUT2D eigenvalue weighted by atomic mass is 10.1. The van der Waals surface area contributed by atoms with E-state index in [1.165, 1.54) is 22.9 Å². The molecule has 6 heteroatoms. The van der Waals surface area contributed by atoms with E-state index in [-0.39, 0.29) is 11.9 Å². The molecule has 1 amide bonds. The fraction of sp³-hybridized carbons (Fsp3) is 0.300. The van der Waals surface area contributed by atoms with Crippen molar-refractivity contribution in [2.75, 3.05) is 26.4 Å². The molecular formula is C20H23N3OS2. The monoisotopic (exact) mass is 385 g/mol. The van der Waals surface area contributed by atoms with Crippen molar-refractivity contribution in [1.82, 2.24) is 10.2 Å². The first kappa shape index (κ1) is 19.0. The molecule has 0 unspecified atom stereocenters. The van der Waals surface area contributed by atoms with Crippen molar-refractivity contribution >= 4 is 39.5 Å². The Hall–Kier alpha value is -1.76. The second kappa shape index (κ2) is 9.26. The van der Waals surface area contributed by atoms with E-state index >= 15 is 0 Å². The third-order valence-electron chi connectivity index (χ3n) is 4.18. The lowest BCUT2D eigenvalue weighted by molar-refractivity contribution is -0.118. The number of carbonyl (C=O) groups is 1. The average Bonchev–Trinajstić information content (AvgIpc) is 2.67. The Balaban J connectivity index is 1.51. The summed E-state index contributed by atoms with van der Waals surface area (Å²) in [5.41, 5.74) is 3.48. The van der Waals surface area contributed by atoms with Crippen molar-refractivity contribution < 1.29 is 4.79 Å². The summed E-state index contributed by atoms with van der Waals surface area (Å²) in [5.74, 6) is 1.35. The van der Waals surface area contributed by atoms with E-state index in [0.29, 0.717) is 12.3 Å². The van der Waals surface area contributed by atoms with Crippen molar-refractivity contribution in [2.24, 2.45) is 4.99 Å². The fourth-order valence-electron chi connectivity index (χ4n) is 2.75. The van der Waals surface area contributed by atoms with Crippen molar-refractivity contribution in [3.63, 3.8) is 0 Å². The van der Waals surface area contributed by atoms with E-state index < -0.39 is 0 Å². The quantitative estimate of drug-likeness (QED) is 0.814. The number of hydrogen-bond donors (Lipinski definition) is 1. The number of amides is 1. The number of nitrogens with zero attached hydrogens (tertiary/aromatic N) is 2. The minimum absolute atomic E-state index is 0.0416. The topological polar surface area (TPSA) is 44.7 Å². The summed E-state index contributed by atoms with van der Waals surface area (Å²) in [4.78, 5) is 19.0. The maximum atomic E-state index is 12.3. The van der Waals surface area contributed by atoms with Crippen LogP contribution in [-0.4, -0.2) is 41.6 Å². The number of benzene rings is 2. The SMILES string of the molecule is CN(C)[C@@H](CNC(=O)CSC1=Nc2ccccc2CS1)c1ccccc1. The first-order chi connectivity index (χ1) is 12.6. The summed E-state index contributed by atoms with van der Waals surface area (Å²) in [6.45, 7) is 0.596. The summed E-state index contributed by atoms with van der Waals surface area (Å²) in [6, 6.07) is 18.6. The summed E-state index contributed by atoms with van der Waals surface area (Å²) < 4.78 is 0.964. The fourth-order valence-corrected chi connectivity index (χ4v) is 4.64. The lowest BCUT2D eigenvalue weighted by Gasteiger charge is -2.25. The number of para-hydroxylation sites is 1. The van der Waals surface area contributed by atoms with Gasteiger partial charge in [0.2, 0.25) is 5.91 Å². The summed E-state index contributed by atoms with van der Waals surface area (Å²) in [5, 5.41) is 3.06. The molecule has 26 heavy (non-hydrogen) atoms. The zero-order chi connectivity index (χ0) is 18.4. The van der Waals surface area contributed by atoms with Gasteiger partial charge in [-0.15, -0.1) is 0 Å². The van der Waals surface area contributed by atoms with Gasteiger partial charge in [-0.3, -0.25) is 4.79 Å². The van der Waals surface area contributed by atoms with E-state index in [0.717, 1.165) is 15.8 Å². The Morgan fingerprint density at radius 3 is 2.69 bits per heavy atom. The molecule has 1 heterocycles. The molecule has 4 nitrogen and oxygen atoms in total. The van der Waals surface area contributed by atoms with Crippen LogP contribution in [0.5, 0.6) is 0 Å². The van der Waals surface area contributed by atoms with Gasteiger partial charge in [-0.05, 0) is 31.3 Å². The van der Waals surface area contributed by atoms with Gasteiger partial charge in [-0.1, -0.05) is 72.1 Å². The highest BCUT2D eigenvalue weighted by molar-refractivity contribution is 8.38. The van der Waals surface area contributed by atoms with Crippen LogP contribution < -0.4 is 5.32 Å². The van der Waals surface area contributed by atoms with Gasteiger partial charge in [0.15, 0.2) is 0 Å². The molecule has 0 radical (unpaired) electrons. The molecule has 0 aromatic heterocycles. The first-order valence-electron chi connectivity index (χ1n) is 8.54. The van der Waals surface area contributed by atoms with Crippen LogP contribution in [0.3, 0.4) is 0 Å². The molecular weight excluding hydrogens is 362 g/mol. The van der Waals surface area contributed by atoms with Crippen LogP contribution in [0, 0.1) is 0 Å². The van der Waals surface area contributed by atoms with Crippen LogP contribution in [0.4, 0.5) is 5.69 Å². The van der Waals surface area contributed by atoms with Gasteiger partial charge in [0.1, 0.15) is 4.38 Å². The molecule has 1 aliphatic rings. The number of carbonyl (C=O) groups excluding carboxylic acids is 1. The second-order valence-corrected chi connectivity index (χ2v) is 8.46. The number of aliphatic imine (C=N–C) groups is 1. The molecule has 0 saturated carbocycles. The summed E-state index contributed by atoms with van der Waals surface area (Å²) in [6.07, 6.45) is 0. The largest absolute Gasteiger partial charge is 0.353 e. The summed E-state index contributed by atoms with van der Waals surface area (Å²) in [7, 11) is 4.06. The van der Waals surface area contributed by atoms with Gasteiger partial charge in [0.25, 0.3) is 0 Å². The highest BCUT2D eigenvalue weighted by Gasteiger charge is 2.17. The molecule has 1 atom stereocenters. The third kappa shape index (κ3) is 5.13. The molecule has 2 aromatic carbocycles. The molecule has 0 aliphatic carbocycles. The molecule has 0 fully saturated rings. The molecule has 1 N–H and O–H groups in total. The maximum Gasteiger partial charge on any atom is 0.230 e. The van der Waals surface area contributed by atoms with E-state index in [9.17, 15) is 4.79 Å². The van der Waals surface area contributed by atoms with Gasteiger partial charge in [-0.2, -0.15) is 0 Å². The standard InChI is InChI=1S/C20H23N3OS2/c1-23(2)18(15-8-4-3-5-9-15)12-21-19(24)14-26-20-22-17-11-7-6-10-16(17)13-25-20/h3-11,18H,12-14H2,1-2H3,(H,21,24)/t18-/m0/s1. The minimum atomic E-state index is 0.0416. The second-order valence-electron chi connectivity index (χ2n) is 6.28. The maximum absolute atomic E-state index is 12.3. The van der Waals surface area contributed by atoms with Crippen LogP contribution >= 0.6 is 23.5 Å². The molecule has 1 aliphatic heterocycles. The van der Waals surface area contributed by atoms with E-state index in [1.54, 1.807) is 11.8 Å². The van der Waals surface area contributed by atoms with Crippen LogP contribution in [0.25, 0.3) is 0 Å². The van der Waals surface area contributed by atoms with E-state index in [1.807, 2.05) is 50.5 Å². The van der Waals surface area contributed by atoms with Crippen molar-refractivity contribution in [3.8, 4) is 0 Å². The van der Waals surface area contributed by atoms with Gasteiger partial charge in [0.05, 0.1) is 17.5 Å². The minimum Gasteiger partial charge on any atom is -0.353 e. The molecule has 0 bridgehead atoms. The Labute approximate surface area is 163 Å². The predicted octanol–water partition coefficient (Wildman–Crippen LogP) is 4.07. The number of hydrogen-bond acceptors (Lipinski definition) is 5. The van der Waals surface area contributed by atoms with E-state index in [4.69, 9.17) is 0 Å². The Morgan fingerprint density at radius 2 is 1.92 bits per heavy atom. The van der Waals surface area contributed by atoms with Gasteiger partial charge >= 0.3 is 0 Å². The number of fused-ring (bicyclic) bond motifs is 1. The van der Waals surface area contributed by atoms with E-state index in [2.05, 4.69) is 33.4 Å². The molecule has 2 aromatic rings. The number of thioether (sulfide) groups is 2. The molecule has 136 valence electrons. The van der Waals surface area contributed by atoms with Crippen molar-refractivity contribution in [3.05, 3.63) is 65.7 Å². The highest BCUT2D eigenvalue weighted by atomic mass is 32.2. The van der Waals surface area contributed by atoms with Crippen LogP contribution in [-0.2, 0) is 10.5 Å². The zero-order valence-electron chi connectivity index (χ0n) is 15.0. The number of rotatable bonds is 6. The Morgan fingerprint density at radius 1 is 1.19 bits per heavy atom. The van der Waals surface area contributed by atoms with Gasteiger partial charge < -0.3 is 10.2 Å². The smallest absolute Gasteiger partial charge is 0.230 e. The van der Waals surface area contributed by atoms with Gasteiger partial charge in [-0.25, -0.2) is 4.99 Å². The Bertz CT molecular complexity index is 778. The van der Waals surface area contributed by atoms with Gasteiger partial charge in [0, 0.05) is 12.3 Å². The summed E-state index contributed by atoms with van der Waals surface area (Å²) >= 11 is 3.21. The lowest BCUT2D eigenvalue weighted by Crippen LogP contribution is -2.35. The van der Waals surface area contributed by atoms with Crippen LogP contribution in [0.2, 0.25) is 0 Å². The number of likely N-dealkylation sites (N-methyl/N-ethyl adjacent to an activating group) is 1. The van der Waals surface area contributed by atoms with Crippen molar-refractivity contribution in [1.29, 1.82) is 0 Å². The molecule has 3 rings (SSSR count). The molecule has 0 saturated heterocycles. The van der Waals surface area contributed by atoms with Crippen LogP contribution in [0.1, 0.15) is 17.2 Å². The van der Waals surface area contributed by atoms with Crippen LogP contribution in [0.15, 0.2) is 59.6 Å². The molecule has 0 spiro atoms. The predicted molar refractivity (Wildman–Crippen MR) is 113 cm³/mol. The first-order valence-corrected chi connectivity index (χ1v) is 10.5. The zero-order valence-corrected chi connectivity index (χ0v) is 16.6. The highest BCUT2D eigenvalue weighted by Crippen LogP contribution is 2.34. The normalized spacial score (nSPS) is 14.5. The average molecular weight is 386 g/mol. The van der Waals surface area contributed by atoms with Crippen molar-refractivity contribution in [2.45, 2.75) is 11.8 Å². The Kier molecular flexibility index (Phi) is 6.77.